The summed E-state index contributed by atoms with van der Waals surface area (Å²) in [6.45, 7) is 2.74. The standard InChI is InChI=1S/C12H19N3O/c1-3-14-12(15-13)9-6-10-4-7-11(16-2)8-5-10/h4-5,7-8H,3,6,9,13H2,1-2H3,(H,14,15). The highest BCUT2D eigenvalue weighted by atomic mass is 16.5. The molecule has 0 aliphatic carbocycles. The van der Waals surface area contributed by atoms with Gasteiger partial charge in [0.05, 0.1) is 7.11 Å². The molecule has 3 N–H and O–H groups in total. The Morgan fingerprint density at radius 1 is 1.38 bits per heavy atom. The number of methoxy groups -OCH3 is 1. The van der Waals surface area contributed by atoms with Crippen LogP contribution in [0.4, 0.5) is 0 Å². The van der Waals surface area contributed by atoms with Crippen LogP contribution in [0.5, 0.6) is 5.75 Å². The van der Waals surface area contributed by atoms with Crippen LogP contribution < -0.4 is 16.0 Å². The minimum absolute atomic E-state index is 0.752. The smallest absolute Gasteiger partial charge is 0.118 e. The van der Waals surface area contributed by atoms with E-state index < -0.39 is 0 Å². The summed E-state index contributed by atoms with van der Waals surface area (Å²) in [5.41, 5.74) is 3.87. The molecule has 0 unspecified atom stereocenters. The Labute approximate surface area is 96.5 Å². The number of hydrogen-bond acceptors (Lipinski definition) is 3. The summed E-state index contributed by atoms with van der Waals surface area (Å²) in [5, 5.41) is 0. The van der Waals surface area contributed by atoms with Crippen LogP contribution in [0.3, 0.4) is 0 Å². The van der Waals surface area contributed by atoms with Gasteiger partial charge in [0.2, 0.25) is 0 Å². The first kappa shape index (κ1) is 12.5. The molecule has 1 rings (SSSR count). The molecular weight excluding hydrogens is 202 g/mol. The molecular formula is C12H19N3O. The summed E-state index contributed by atoms with van der Waals surface area (Å²) in [7, 11) is 1.67. The molecule has 4 nitrogen and oxygen atoms in total. The monoisotopic (exact) mass is 221 g/mol. The fraction of sp³-hybridized carbons (Fsp3) is 0.417. The number of rotatable bonds is 5. The van der Waals surface area contributed by atoms with Gasteiger partial charge in [-0.15, -0.1) is 0 Å². The van der Waals surface area contributed by atoms with Crippen molar-refractivity contribution in [3.63, 3.8) is 0 Å². The van der Waals surface area contributed by atoms with Crippen molar-refractivity contribution in [2.45, 2.75) is 19.8 Å². The van der Waals surface area contributed by atoms with Crippen molar-refractivity contribution >= 4 is 5.84 Å². The highest BCUT2D eigenvalue weighted by molar-refractivity contribution is 5.81. The van der Waals surface area contributed by atoms with Crippen LogP contribution in [-0.2, 0) is 6.42 Å². The van der Waals surface area contributed by atoms with Gasteiger partial charge in [0.15, 0.2) is 0 Å². The van der Waals surface area contributed by atoms with Gasteiger partial charge in [0, 0.05) is 13.0 Å². The molecule has 0 atom stereocenters. The van der Waals surface area contributed by atoms with Crippen molar-refractivity contribution in [2.75, 3.05) is 13.7 Å². The van der Waals surface area contributed by atoms with E-state index in [0.717, 1.165) is 31.0 Å². The zero-order chi connectivity index (χ0) is 11.8. The molecule has 0 bridgehead atoms. The largest absolute Gasteiger partial charge is 0.497 e. The predicted molar refractivity (Wildman–Crippen MR) is 66.6 cm³/mol. The SMILES string of the molecule is CCN=C(CCc1ccc(OC)cc1)NN. The third-order valence-corrected chi connectivity index (χ3v) is 2.33. The lowest BCUT2D eigenvalue weighted by Crippen LogP contribution is -2.30. The first-order chi connectivity index (χ1) is 7.80. The second kappa shape index (κ2) is 6.85. The van der Waals surface area contributed by atoms with Crippen molar-refractivity contribution in [1.82, 2.24) is 5.43 Å². The molecule has 0 fully saturated rings. The predicted octanol–water partition coefficient (Wildman–Crippen LogP) is 1.51. The Kier molecular flexibility index (Phi) is 5.36. The van der Waals surface area contributed by atoms with Gasteiger partial charge >= 0.3 is 0 Å². The Balaban J connectivity index is 2.50. The summed E-state index contributed by atoms with van der Waals surface area (Å²) in [4.78, 5) is 4.25. The van der Waals surface area contributed by atoms with E-state index in [0.29, 0.717) is 0 Å². The second-order valence-corrected chi connectivity index (χ2v) is 3.41. The molecule has 0 aliphatic heterocycles. The zero-order valence-electron chi connectivity index (χ0n) is 9.86. The number of hydrogen-bond donors (Lipinski definition) is 2. The number of aliphatic imine (C=N–C) groups is 1. The number of amidine groups is 1. The first-order valence-electron chi connectivity index (χ1n) is 5.43. The molecule has 0 radical (unpaired) electrons. The van der Waals surface area contributed by atoms with E-state index in [9.17, 15) is 0 Å². The van der Waals surface area contributed by atoms with Gasteiger partial charge < -0.3 is 10.2 Å². The Bertz CT molecular complexity index is 333. The van der Waals surface area contributed by atoms with E-state index in [1.165, 1.54) is 5.56 Å². The van der Waals surface area contributed by atoms with Gasteiger partial charge in [0.1, 0.15) is 11.6 Å². The molecule has 0 aromatic heterocycles. The molecule has 0 aliphatic rings. The number of nitrogens with zero attached hydrogens (tertiary/aromatic N) is 1. The summed E-state index contributed by atoms with van der Waals surface area (Å²) in [5.74, 6) is 7.09. The first-order valence-corrected chi connectivity index (χ1v) is 5.43. The molecule has 1 aromatic carbocycles. The number of ether oxygens (including phenoxy) is 1. The lowest BCUT2D eigenvalue weighted by molar-refractivity contribution is 0.414. The summed E-state index contributed by atoms with van der Waals surface area (Å²) in [6.07, 6.45) is 1.75. The molecule has 0 saturated carbocycles. The maximum Gasteiger partial charge on any atom is 0.118 e. The van der Waals surface area contributed by atoms with Crippen LogP contribution in [0.25, 0.3) is 0 Å². The minimum Gasteiger partial charge on any atom is -0.497 e. The van der Waals surface area contributed by atoms with Crippen LogP contribution in [0.15, 0.2) is 29.3 Å². The van der Waals surface area contributed by atoms with Gasteiger partial charge in [0.25, 0.3) is 0 Å². The molecule has 0 saturated heterocycles. The van der Waals surface area contributed by atoms with E-state index in [4.69, 9.17) is 10.6 Å². The van der Waals surface area contributed by atoms with E-state index in [1.807, 2.05) is 19.1 Å². The van der Waals surface area contributed by atoms with Crippen molar-refractivity contribution in [2.24, 2.45) is 10.8 Å². The Morgan fingerprint density at radius 3 is 2.56 bits per heavy atom. The summed E-state index contributed by atoms with van der Waals surface area (Å²) < 4.78 is 5.10. The van der Waals surface area contributed by atoms with E-state index >= 15 is 0 Å². The van der Waals surface area contributed by atoms with E-state index in [2.05, 4.69) is 22.6 Å². The number of aryl methyl sites for hydroxylation is 1. The Hall–Kier alpha value is -1.55. The van der Waals surface area contributed by atoms with Gasteiger partial charge in [-0.25, -0.2) is 5.84 Å². The molecule has 16 heavy (non-hydrogen) atoms. The third-order valence-electron chi connectivity index (χ3n) is 2.33. The maximum atomic E-state index is 5.37. The van der Waals surface area contributed by atoms with Crippen molar-refractivity contribution in [3.8, 4) is 5.75 Å². The van der Waals surface area contributed by atoms with Crippen LogP contribution in [-0.4, -0.2) is 19.5 Å². The number of benzene rings is 1. The van der Waals surface area contributed by atoms with Gasteiger partial charge in [-0.1, -0.05) is 12.1 Å². The average Bonchev–Trinajstić information content (AvgIpc) is 2.35. The fourth-order valence-electron chi connectivity index (χ4n) is 1.44. The third kappa shape index (κ3) is 3.90. The van der Waals surface area contributed by atoms with Gasteiger partial charge in [-0.3, -0.25) is 4.99 Å². The highest BCUT2D eigenvalue weighted by Crippen LogP contribution is 2.12. The topological polar surface area (TPSA) is 59.6 Å². The Morgan fingerprint density at radius 2 is 2.06 bits per heavy atom. The molecule has 0 amide bonds. The number of hydrazine groups is 1. The summed E-state index contributed by atoms with van der Waals surface area (Å²) >= 11 is 0. The van der Waals surface area contributed by atoms with Crippen molar-refractivity contribution in [3.05, 3.63) is 29.8 Å². The lowest BCUT2D eigenvalue weighted by atomic mass is 10.1. The van der Waals surface area contributed by atoms with Crippen LogP contribution in [0.1, 0.15) is 18.9 Å². The number of nitrogens with two attached hydrogens (primary N) is 1. The summed E-state index contributed by atoms with van der Waals surface area (Å²) in [6, 6.07) is 8.03. The van der Waals surface area contributed by atoms with Crippen LogP contribution in [0.2, 0.25) is 0 Å². The average molecular weight is 221 g/mol. The van der Waals surface area contributed by atoms with Gasteiger partial charge in [-0.05, 0) is 31.0 Å². The zero-order valence-corrected chi connectivity index (χ0v) is 9.86. The molecule has 0 spiro atoms. The normalized spacial score (nSPS) is 11.3. The maximum absolute atomic E-state index is 5.37. The fourth-order valence-corrected chi connectivity index (χ4v) is 1.44. The molecule has 0 heterocycles. The van der Waals surface area contributed by atoms with Crippen LogP contribution >= 0.6 is 0 Å². The highest BCUT2D eigenvalue weighted by Gasteiger charge is 1.98. The lowest BCUT2D eigenvalue weighted by Gasteiger charge is -2.06. The number of nitrogens with one attached hydrogen (secondary N) is 1. The van der Waals surface area contributed by atoms with Gasteiger partial charge in [-0.2, -0.15) is 0 Å². The quantitative estimate of drug-likeness (QED) is 0.343. The van der Waals surface area contributed by atoms with Crippen LogP contribution in [0, 0.1) is 0 Å². The van der Waals surface area contributed by atoms with Crippen molar-refractivity contribution < 1.29 is 4.74 Å². The minimum atomic E-state index is 0.752. The second-order valence-electron chi connectivity index (χ2n) is 3.41. The molecule has 4 heteroatoms. The molecule has 88 valence electrons. The van der Waals surface area contributed by atoms with E-state index in [1.54, 1.807) is 7.11 Å². The van der Waals surface area contributed by atoms with Crippen molar-refractivity contribution in [1.29, 1.82) is 0 Å². The molecule has 1 aromatic rings. The van der Waals surface area contributed by atoms with E-state index in [-0.39, 0.29) is 0 Å².